The molecule has 0 N–H and O–H groups in total. The maximum absolute atomic E-state index is 13.1. The van der Waals surface area contributed by atoms with Crippen molar-refractivity contribution in [2.24, 2.45) is 0 Å². The number of fused-ring (bicyclic) bond motifs is 1. The highest BCUT2D eigenvalue weighted by Gasteiger charge is 2.23. The van der Waals surface area contributed by atoms with Crippen molar-refractivity contribution in [3.05, 3.63) is 58.6 Å². The Morgan fingerprint density at radius 1 is 1.19 bits per heavy atom. The van der Waals surface area contributed by atoms with Crippen LogP contribution in [-0.2, 0) is 19.4 Å². The number of aromatic nitrogens is 1. The van der Waals surface area contributed by atoms with E-state index in [1.807, 2.05) is 12.1 Å². The average molecular weight is 384 g/mol. The minimum absolute atomic E-state index is 0.00427. The van der Waals surface area contributed by atoms with Crippen LogP contribution >= 0.6 is 11.3 Å². The lowest BCUT2D eigenvalue weighted by molar-refractivity contribution is 0.0989. The van der Waals surface area contributed by atoms with Gasteiger partial charge >= 0.3 is 0 Å². The van der Waals surface area contributed by atoms with Crippen molar-refractivity contribution in [3.8, 4) is 0 Å². The molecule has 1 amide bonds. The molecular weight excluding hydrogens is 354 g/mol. The van der Waals surface area contributed by atoms with E-state index in [0.29, 0.717) is 12.1 Å². The summed E-state index contributed by atoms with van der Waals surface area (Å²) in [5.41, 5.74) is 3.11. The zero-order valence-electron chi connectivity index (χ0n) is 16.4. The second-order valence-corrected chi connectivity index (χ2v) is 8.00. The number of carbonyl (C=O) groups is 1. The quantitative estimate of drug-likeness (QED) is 0.620. The monoisotopic (exact) mass is 383 g/mol. The number of hydrogen-bond donors (Lipinski definition) is 0. The number of thiazole rings is 1. The van der Waals surface area contributed by atoms with Crippen molar-refractivity contribution in [1.82, 2.24) is 9.88 Å². The molecule has 0 saturated carbocycles. The smallest absolute Gasteiger partial charge is 0.260 e. The van der Waals surface area contributed by atoms with E-state index in [4.69, 9.17) is 4.98 Å². The zero-order chi connectivity index (χ0) is 19.2. The van der Waals surface area contributed by atoms with Gasteiger partial charge in [0.05, 0.1) is 5.69 Å². The van der Waals surface area contributed by atoms with Crippen molar-refractivity contribution in [3.63, 3.8) is 0 Å². The summed E-state index contributed by atoms with van der Waals surface area (Å²) in [7, 11) is 0. The molecule has 0 saturated heterocycles. The number of hydrogen-bond acceptors (Lipinski definition) is 4. The van der Waals surface area contributed by atoms with E-state index >= 15 is 0 Å². The van der Waals surface area contributed by atoms with Crippen molar-refractivity contribution in [1.29, 1.82) is 0 Å². The Bertz CT molecular complexity index is 754. The summed E-state index contributed by atoms with van der Waals surface area (Å²) in [5, 5.41) is 0.805. The van der Waals surface area contributed by atoms with E-state index in [2.05, 4.69) is 37.5 Å². The average Bonchev–Trinajstić information content (AvgIpc) is 3.14. The molecule has 4 nitrogen and oxygen atoms in total. The van der Waals surface area contributed by atoms with Gasteiger partial charge in [0, 0.05) is 23.5 Å². The highest BCUT2D eigenvalue weighted by atomic mass is 32.1. The van der Waals surface area contributed by atoms with Crippen LogP contribution in [0.4, 0.5) is 5.13 Å². The summed E-state index contributed by atoms with van der Waals surface area (Å²) in [4.78, 5) is 23.4. The summed E-state index contributed by atoms with van der Waals surface area (Å²) < 4.78 is 0. The Balaban J connectivity index is 1.78. The molecule has 0 bridgehead atoms. The van der Waals surface area contributed by atoms with Crippen LogP contribution in [0.1, 0.15) is 53.2 Å². The van der Waals surface area contributed by atoms with Crippen LogP contribution in [-0.4, -0.2) is 35.4 Å². The van der Waals surface area contributed by atoms with E-state index < -0.39 is 0 Å². The highest BCUT2D eigenvalue weighted by Crippen LogP contribution is 2.32. The third-order valence-electron chi connectivity index (χ3n) is 5.12. The Morgan fingerprint density at radius 2 is 1.89 bits per heavy atom. The van der Waals surface area contributed by atoms with Gasteiger partial charge in [-0.25, -0.2) is 4.98 Å². The molecule has 27 heavy (non-hydrogen) atoms. The molecule has 1 aromatic heterocycles. The SMILES string of the molecule is C=CCN(C(=O)c1ccc(CN(CC)CC)cc1)c1nc2c(s1)CCCC2. The van der Waals surface area contributed by atoms with Gasteiger partial charge in [-0.2, -0.15) is 0 Å². The number of amides is 1. The molecule has 0 radical (unpaired) electrons. The minimum Gasteiger partial charge on any atom is -0.300 e. The van der Waals surface area contributed by atoms with E-state index in [1.54, 1.807) is 22.3 Å². The first-order valence-electron chi connectivity index (χ1n) is 9.88. The predicted octanol–water partition coefficient (Wildman–Crippen LogP) is 4.70. The first-order valence-corrected chi connectivity index (χ1v) is 10.7. The standard InChI is InChI=1S/C22H29N3OS/c1-4-15-25(22-23-19-9-7-8-10-20(19)27-22)21(26)18-13-11-17(12-14-18)16-24(5-2)6-3/h4,11-14H,1,5-10,15-16H2,2-3H3. The zero-order valence-corrected chi connectivity index (χ0v) is 17.2. The van der Waals surface area contributed by atoms with Gasteiger partial charge in [-0.3, -0.25) is 14.6 Å². The fraction of sp³-hybridized carbons (Fsp3) is 0.455. The Morgan fingerprint density at radius 3 is 2.52 bits per heavy atom. The molecule has 0 aliphatic heterocycles. The summed E-state index contributed by atoms with van der Waals surface area (Å²) in [6.07, 6.45) is 6.30. The molecule has 1 heterocycles. The molecule has 0 unspecified atom stereocenters. The molecule has 1 aromatic carbocycles. The van der Waals surface area contributed by atoms with Gasteiger partial charge in [0.2, 0.25) is 0 Å². The first kappa shape index (κ1) is 19.8. The van der Waals surface area contributed by atoms with E-state index in [9.17, 15) is 4.79 Å². The van der Waals surface area contributed by atoms with E-state index in [-0.39, 0.29) is 5.91 Å². The van der Waals surface area contributed by atoms with Gasteiger partial charge in [-0.05, 0) is 56.5 Å². The molecule has 5 heteroatoms. The second kappa shape index (κ2) is 9.29. The minimum atomic E-state index is -0.00427. The second-order valence-electron chi connectivity index (χ2n) is 6.94. The Hall–Kier alpha value is -1.98. The van der Waals surface area contributed by atoms with Crippen molar-refractivity contribution in [2.75, 3.05) is 24.5 Å². The van der Waals surface area contributed by atoms with Crippen molar-refractivity contribution in [2.45, 2.75) is 46.1 Å². The van der Waals surface area contributed by atoms with E-state index in [0.717, 1.165) is 37.6 Å². The number of nitrogens with zero attached hydrogens (tertiary/aromatic N) is 3. The van der Waals surface area contributed by atoms with Gasteiger partial charge in [0.15, 0.2) is 5.13 Å². The summed E-state index contributed by atoms with van der Waals surface area (Å²) in [5.74, 6) is -0.00427. The van der Waals surface area contributed by atoms with Gasteiger partial charge in [-0.1, -0.05) is 32.1 Å². The van der Waals surface area contributed by atoms with Crippen molar-refractivity contribution >= 4 is 22.4 Å². The van der Waals surface area contributed by atoms with Crippen LogP contribution < -0.4 is 4.90 Å². The van der Waals surface area contributed by atoms with Crippen LogP contribution in [0.15, 0.2) is 36.9 Å². The first-order chi connectivity index (χ1) is 13.2. The lowest BCUT2D eigenvalue weighted by atomic mass is 10.0. The molecule has 0 fully saturated rings. The van der Waals surface area contributed by atoms with Crippen LogP contribution in [0.5, 0.6) is 0 Å². The third kappa shape index (κ3) is 4.66. The Labute approximate surface area is 166 Å². The molecular formula is C22H29N3OS. The molecule has 3 rings (SSSR count). The summed E-state index contributed by atoms with van der Waals surface area (Å²) in [6, 6.07) is 7.99. The van der Waals surface area contributed by atoms with Crippen LogP contribution in [0.3, 0.4) is 0 Å². The fourth-order valence-corrected chi connectivity index (χ4v) is 4.60. The van der Waals surface area contributed by atoms with Crippen LogP contribution in [0, 0.1) is 0 Å². The lowest BCUT2D eigenvalue weighted by Gasteiger charge is -2.20. The largest absolute Gasteiger partial charge is 0.300 e. The topological polar surface area (TPSA) is 36.4 Å². The molecule has 2 aromatic rings. The lowest BCUT2D eigenvalue weighted by Crippen LogP contribution is -2.31. The van der Waals surface area contributed by atoms with Gasteiger partial charge < -0.3 is 0 Å². The maximum atomic E-state index is 13.1. The number of benzene rings is 1. The molecule has 1 aliphatic rings. The van der Waals surface area contributed by atoms with E-state index in [1.165, 1.54) is 29.0 Å². The molecule has 0 atom stereocenters. The van der Waals surface area contributed by atoms with Crippen LogP contribution in [0.25, 0.3) is 0 Å². The van der Waals surface area contributed by atoms with Gasteiger partial charge in [0.1, 0.15) is 0 Å². The van der Waals surface area contributed by atoms with Gasteiger partial charge in [-0.15, -0.1) is 17.9 Å². The Kier molecular flexibility index (Phi) is 6.80. The van der Waals surface area contributed by atoms with Gasteiger partial charge in [0.25, 0.3) is 5.91 Å². The fourth-order valence-electron chi connectivity index (χ4n) is 3.44. The number of carbonyl (C=O) groups excluding carboxylic acids is 1. The third-order valence-corrected chi connectivity index (χ3v) is 6.30. The van der Waals surface area contributed by atoms with Crippen LogP contribution in [0.2, 0.25) is 0 Å². The number of aryl methyl sites for hydroxylation is 2. The molecule has 0 spiro atoms. The van der Waals surface area contributed by atoms with Crippen molar-refractivity contribution < 1.29 is 4.79 Å². The summed E-state index contributed by atoms with van der Waals surface area (Å²) >= 11 is 1.66. The summed E-state index contributed by atoms with van der Waals surface area (Å²) in [6.45, 7) is 11.6. The molecule has 144 valence electrons. The molecule has 1 aliphatic carbocycles. The normalized spacial score (nSPS) is 13.4. The highest BCUT2D eigenvalue weighted by molar-refractivity contribution is 7.16. The maximum Gasteiger partial charge on any atom is 0.260 e. The number of anilines is 1. The number of rotatable bonds is 8. The predicted molar refractivity (Wildman–Crippen MR) is 114 cm³/mol.